The van der Waals surface area contributed by atoms with Crippen LogP contribution in [0.25, 0.3) is 6.08 Å². The van der Waals surface area contributed by atoms with Gasteiger partial charge in [0, 0.05) is 12.1 Å². The summed E-state index contributed by atoms with van der Waals surface area (Å²) in [6.07, 6.45) is 5.52. The predicted octanol–water partition coefficient (Wildman–Crippen LogP) is 2.18. The second-order valence-electron chi connectivity index (χ2n) is 7.10. The summed E-state index contributed by atoms with van der Waals surface area (Å²) < 4.78 is 21.4. The molecule has 1 saturated carbocycles. The monoisotopic (exact) mass is 418 g/mol. The number of methoxy groups -OCH3 is 1. The molecule has 3 rings (SSSR count). The SMILES string of the molecule is COc1cc(/C=C/C(=O)O[C@H](C)C(=O)NC(=O)NC2CCCC2)cc2c1OCCO2. The molecule has 0 radical (unpaired) electrons. The average molecular weight is 418 g/mol. The minimum atomic E-state index is -1.12. The number of hydrogen-bond donors (Lipinski definition) is 2. The van der Waals surface area contributed by atoms with Crippen LogP contribution in [0.3, 0.4) is 0 Å². The van der Waals surface area contributed by atoms with Gasteiger partial charge in [-0.25, -0.2) is 9.59 Å². The second-order valence-corrected chi connectivity index (χ2v) is 7.10. The molecule has 9 heteroatoms. The van der Waals surface area contributed by atoms with Crippen molar-refractivity contribution in [2.75, 3.05) is 20.3 Å². The Bertz CT molecular complexity index is 814. The molecule has 0 unspecified atom stereocenters. The number of nitrogens with one attached hydrogen (secondary N) is 2. The van der Waals surface area contributed by atoms with Crippen molar-refractivity contribution < 1.29 is 33.3 Å². The highest BCUT2D eigenvalue weighted by Gasteiger charge is 2.22. The molecule has 162 valence electrons. The first kappa shape index (κ1) is 21.5. The van der Waals surface area contributed by atoms with E-state index in [2.05, 4.69) is 10.6 Å². The van der Waals surface area contributed by atoms with Crippen molar-refractivity contribution in [2.45, 2.75) is 44.8 Å². The Labute approximate surface area is 174 Å². The van der Waals surface area contributed by atoms with Crippen LogP contribution in [0.15, 0.2) is 18.2 Å². The number of amides is 3. The van der Waals surface area contributed by atoms with E-state index < -0.39 is 24.0 Å². The van der Waals surface area contributed by atoms with Crippen LogP contribution in [0, 0.1) is 0 Å². The lowest BCUT2D eigenvalue weighted by Gasteiger charge is -2.20. The molecule has 1 heterocycles. The third kappa shape index (κ3) is 5.65. The molecule has 1 aliphatic carbocycles. The normalized spacial score (nSPS) is 16.7. The highest BCUT2D eigenvalue weighted by Crippen LogP contribution is 2.40. The maximum atomic E-state index is 12.1. The van der Waals surface area contributed by atoms with Crippen molar-refractivity contribution in [1.82, 2.24) is 10.6 Å². The number of urea groups is 1. The zero-order valence-electron chi connectivity index (χ0n) is 17.1. The third-order valence-electron chi connectivity index (χ3n) is 4.85. The van der Waals surface area contributed by atoms with Crippen molar-refractivity contribution in [2.24, 2.45) is 0 Å². The number of esters is 1. The van der Waals surface area contributed by atoms with E-state index in [0.29, 0.717) is 36.0 Å². The van der Waals surface area contributed by atoms with Gasteiger partial charge in [-0.3, -0.25) is 10.1 Å². The topological polar surface area (TPSA) is 112 Å². The Kier molecular flexibility index (Phi) is 7.16. The largest absolute Gasteiger partial charge is 0.493 e. The number of rotatable bonds is 6. The molecule has 9 nitrogen and oxygen atoms in total. The summed E-state index contributed by atoms with van der Waals surface area (Å²) >= 11 is 0. The van der Waals surface area contributed by atoms with Gasteiger partial charge in [0.05, 0.1) is 7.11 Å². The number of hydrogen-bond acceptors (Lipinski definition) is 7. The van der Waals surface area contributed by atoms with Gasteiger partial charge < -0.3 is 24.3 Å². The zero-order valence-corrected chi connectivity index (χ0v) is 17.1. The van der Waals surface area contributed by atoms with Crippen LogP contribution >= 0.6 is 0 Å². The molecule has 2 aliphatic rings. The first-order chi connectivity index (χ1) is 14.5. The van der Waals surface area contributed by atoms with Gasteiger partial charge in [-0.15, -0.1) is 0 Å². The van der Waals surface area contributed by atoms with E-state index >= 15 is 0 Å². The summed E-state index contributed by atoms with van der Waals surface area (Å²) in [5.41, 5.74) is 0.640. The minimum absolute atomic E-state index is 0.0848. The number of imide groups is 1. The quantitative estimate of drug-likeness (QED) is 0.538. The molecule has 30 heavy (non-hydrogen) atoms. The molecular weight excluding hydrogens is 392 g/mol. The predicted molar refractivity (Wildman–Crippen MR) is 108 cm³/mol. The molecule has 0 bridgehead atoms. The van der Waals surface area contributed by atoms with E-state index in [1.54, 1.807) is 12.1 Å². The lowest BCUT2D eigenvalue weighted by atomic mass is 10.1. The molecule has 0 spiro atoms. The van der Waals surface area contributed by atoms with Gasteiger partial charge in [0.2, 0.25) is 5.75 Å². The van der Waals surface area contributed by atoms with E-state index in [9.17, 15) is 14.4 Å². The molecule has 2 N–H and O–H groups in total. The Morgan fingerprint density at radius 3 is 2.63 bits per heavy atom. The Morgan fingerprint density at radius 2 is 1.90 bits per heavy atom. The van der Waals surface area contributed by atoms with Gasteiger partial charge in [-0.2, -0.15) is 0 Å². The lowest BCUT2D eigenvalue weighted by molar-refractivity contribution is -0.149. The molecule has 0 aromatic heterocycles. The van der Waals surface area contributed by atoms with Crippen molar-refractivity contribution in [3.8, 4) is 17.2 Å². The second kappa shape index (κ2) is 10.00. The summed E-state index contributed by atoms with van der Waals surface area (Å²) in [5.74, 6) is 0.122. The van der Waals surface area contributed by atoms with Crippen LogP contribution in [0.2, 0.25) is 0 Å². The van der Waals surface area contributed by atoms with Crippen LogP contribution in [0.5, 0.6) is 17.2 Å². The van der Waals surface area contributed by atoms with Gasteiger partial charge >= 0.3 is 12.0 Å². The summed E-state index contributed by atoms with van der Waals surface area (Å²) in [6, 6.07) is 2.92. The molecular formula is C21H26N2O7. The molecule has 1 aromatic rings. The van der Waals surface area contributed by atoms with Crippen molar-refractivity contribution in [3.63, 3.8) is 0 Å². The summed E-state index contributed by atoms with van der Waals surface area (Å²) in [4.78, 5) is 36.0. The van der Waals surface area contributed by atoms with Crippen molar-refractivity contribution in [3.05, 3.63) is 23.8 Å². The molecule has 1 aromatic carbocycles. The van der Waals surface area contributed by atoms with E-state index in [0.717, 1.165) is 25.7 Å². The number of fused-ring (bicyclic) bond motifs is 1. The maximum absolute atomic E-state index is 12.1. The Hall–Kier alpha value is -3.23. The summed E-state index contributed by atoms with van der Waals surface area (Å²) in [7, 11) is 1.51. The number of carbonyl (C=O) groups excluding carboxylic acids is 3. The lowest BCUT2D eigenvalue weighted by Crippen LogP contribution is -2.47. The molecule has 3 amide bonds. The van der Waals surface area contributed by atoms with E-state index in [1.807, 2.05) is 0 Å². The van der Waals surface area contributed by atoms with Crippen molar-refractivity contribution in [1.29, 1.82) is 0 Å². The fourth-order valence-corrected chi connectivity index (χ4v) is 3.33. The fourth-order valence-electron chi connectivity index (χ4n) is 3.33. The molecule has 1 fully saturated rings. The van der Waals surface area contributed by atoms with E-state index in [-0.39, 0.29) is 6.04 Å². The first-order valence-electron chi connectivity index (χ1n) is 9.94. The zero-order chi connectivity index (χ0) is 21.5. The minimum Gasteiger partial charge on any atom is -0.493 e. The van der Waals surface area contributed by atoms with Gasteiger partial charge in [-0.1, -0.05) is 12.8 Å². The molecule has 0 saturated heterocycles. The van der Waals surface area contributed by atoms with Gasteiger partial charge in [0.1, 0.15) is 13.2 Å². The average Bonchev–Trinajstić information content (AvgIpc) is 3.24. The highest BCUT2D eigenvalue weighted by molar-refractivity contribution is 5.98. The smallest absolute Gasteiger partial charge is 0.331 e. The number of benzene rings is 1. The Morgan fingerprint density at radius 1 is 1.17 bits per heavy atom. The number of ether oxygens (including phenoxy) is 4. The van der Waals surface area contributed by atoms with Crippen LogP contribution in [-0.2, 0) is 14.3 Å². The van der Waals surface area contributed by atoms with Crippen molar-refractivity contribution >= 4 is 24.0 Å². The van der Waals surface area contributed by atoms with Crippen LogP contribution in [-0.4, -0.2) is 50.4 Å². The standard InChI is InChI=1S/C21H26N2O7/c1-13(20(25)23-21(26)22-15-5-3-4-6-15)30-18(24)8-7-14-11-16(27-2)19-17(12-14)28-9-10-29-19/h7-8,11-13,15H,3-6,9-10H2,1-2H3,(H2,22,23,25,26)/b8-7+/t13-/m1/s1. The fraction of sp³-hybridized carbons (Fsp3) is 0.476. The van der Waals surface area contributed by atoms with Gasteiger partial charge in [-0.05, 0) is 43.5 Å². The first-order valence-corrected chi connectivity index (χ1v) is 9.94. The van der Waals surface area contributed by atoms with E-state index in [4.69, 9.17) is 18.9 Å². The summed E-state index contributed by atoms with van der Waals surface area (Å²) in [6.45, 7) is 2.26. The third-order valence-corrected chi connectivity index (χ3v) is 4.85. The Balaban J connectivity index is 1.52. The summed E-state index contributed by atoms with van der Waals surface area (Å²) in [5, 5.41) is 4.94. The van der Waals surface area contributed by atoms with Crippen LogP contribution < -0.4 is 24.8 Å². The van der Waals surface area contributed by atoms with Gasteiger partial charge in [0.15, 0.2) is 17.6 Å². The van der Waals surface area contributed by atoms with E-state index in [1.165, 1.54) is 26.2 Å². The van der Waals surface area contributed by atoms with Crippen LogP contribution in [0.4, 0.5) is 4.79 Å². The maximum Gasteiger partial charge on any atom is 0.331 e. The molecule has 1 atom stereocenters. The highest BCUT2D eigenvalue weighted by atomic mass is 16.6. The van der Waals surface area contributed by atoms with Crippen LogP contribution in [0.1, 0.15) is 38.2 Å². The van der Waals surface area contributed by atoms with Gasteiger partial charge in [0.25, 0.3) is 5.91 Å². The number of carbonyl (C=O) groups is 3. The molecule has 1 aliphatic heterocycles.